The van der Waals surface area contributed by atoms with Gasteiger partial charge in [0, 0.05) is 5.56 Å². The van der Waals surface area contributed by atoms with E-state index in [-0.39, 0.29) is 5.82 Å². The number of rotatable bonds is 5. The van der Waals surface area contributed by atoms with Crippen LogP contribution < -0.4 is 10.1 Å². The Kier molecular flexibility index (Phi) is 4.90. The number of benzene rings is 2. The molecule has 1 amide bonds. The quantitative estimate of drug-likeness (QED) is 0.826. The van der Waals surface area contributed by atoms with Crippen molar-refractivity contribution in [2.75, 3.05) is 0 Å². The van der Waals surface area contributed by atoms with Gasteiger partial charge in [-0.05, 0) is 57.4 Å². The summed E-state index contributed by atoms with van der Waals surface area (Å²) in [5, 5.41) is 2.90. The Balaban J connectivity index is 1.78. The zero-order valence-electron chi connectivity index (χ0n) is 15.3. The van der Waals surface area contributed by atoms with Crippen molar-refractivity contribution in [2.45, 2.75) is 51.4 Å². The minimum Gasteiger partial charge on any atom is -0.489 e. The van der Waals surface area contributed by atoms with Crippen LogP contribution in [0.2, 0.25) is 0 Å². The van der Waals surface area contributed by atoms with Crippen molar-refractivity contribution < 1.29 is 18.7 Å². The third kappa shape index (κ3) is 4.54. The number of hydrogen-bond acceptors (Lipinski definition) is 3. The number of carbonyl (C=O) groups excluding carboxylic acids is 1. The van der Waals surface area contributed by atoms with Gasteiger partial charge in [0.1, 0.15) is 23.8 Å². The van der Waals surface area contributed by atoms with E-state index in [0.717, 1.165) is 18.4 Å². The van der Waals surface area contributed by atoms with E-state index in [1.54, 1.807) is 6.07 Å². The van der Waals surface area contributed by atoms with E-state index < -0.39 is 17.2 Å². The van der Waals surface area contributed by atoms with Crippen LogP contribution in [0.15, 0.2) is 48.5 Å². The van der Waals surface area contributed by atoms with Crippen LogP contribution in [0.1, 0.15) is 44.7 Å². The lowest BCUT2D eigenvalue weighted by atomic mass is 10.0. The Morgan fingerprint density at radius 3 is 2.46 bits per heavy atom. The van der Waals surface area contributed by atoms with Gasteiger partial charge in [-0.1, -0.05) is 30.3 Å². The van der Waals surface area contributed by atoms with E-state index in [2.05, 4.69) is 5.32 Å². The van der Waals surface area contributed by atoms with Gasteiger partial charge in [-0.25, -0.2) is 9.18 Å². The first kappa shape index (κ1) is 18.2. The predicted molar refractivity (Wildman–Crippen MR) is 97.5 cm³/mol. The summed E-state index contributed by atoms with van der Waals surface area (Å²) >= 11 is 0. The third-order valence-electron chi connectivity index (χ3n) is 4.18. The minimum absolute atomic E-state index is 0.357. The van der Waals surface area contributed by atoms with Gasteiger partial charge in [0.05, 0.1) is 5.54 Å². The molecule has 26 heavy (non-hydrogen) atoms. The molecule has 1 N–H and O–H groups in total. The molecule has 1 aliphatic rings. The summed E-state index contributed by atoms with van der Waals surface area (Å²) in [4.78, 5) is 12.2. The van der Waals surface area contributed by atoms with E-state index in [1.165, 1.54) is 12.1 Å². The zero-order valence-corrected chi connectivity index (χ0v) is 15.3. The van der Waals surface area contributed by atoms with Gasteiger partial charge >= 0.3 is 6.09 Å². The fraction of sp³-hybridized carbons (Fsp3) is 0.381. The molecule has 1 aliphatic carbocycles. The topological polar surface area (TPSA) is 47.6 Å². The van der Waals surface area contributed by atoms with Crippen molar-refractivity contribution in [1.29, 1.82) is 0 Å². The fourth-order valence-corrected chi connectivity index (χ4v) is 2.82. The summed E-state index contributed by atoms with van der Waals surface area (Å²) in [6.45, 7) is 5.80. The molecular formula is C21H24FNO3. The Morgan fingerprint density at radius 1 is 1.15 bits per heavy atom. The smallest absolute Gasteiger partial charge is 0.408 e. The van der Waals surface area contributed by atoms with Crippen LogP contribution in [0.5, 0.6) is 5.75 Å². The van der Waals surface area contributed by atoms with Gasteiger partial charge in [-0.2, -0.15) is 0 Å². The summed E-state index contributed by atoms with van der Waals surface area (Å²) in [5.74, 6) is 0.216. The Labute approximate surface area is 153 Å². The van der Waals surface area contributed by atoms with Crippen LogP contribution in [-0.2, 0) is 16.9 Å². The Bertz CT molecular complexity index is 780. The largest absolute Gasteiger partial charge is 0.489 e. The first-order valence-corrected chi connectivity index (χ1v) is 8.75. The maximum Gasteiger partial charge on any atom is 0.408 e. The highest BCUT2D eigenvalue weighted by Crippen LogP contribution is 2.49. The highest BCUT2D eigenvalue weighted by atomic mass is 19.1. The molecule has 3 rings (SSSR count). The van der Waals surface area contributed by atoms with E-state index in [1.807, 2.05) is 51.1 Å². The maximum atomic E-state index is 13.9. The third-order valence-corrected chi connectivity index (χ3v) is 4.18. The van der Waals surface area contributed by atoms with Crippen LogP contribution >= 0.6 is 0 Å². The fourth-order valence-electron chi connectivity index (χ4n) is 2.82. The average molecular weight is 357 g/mol. The van der Waals surface area contributed by atoms with Crippen molar-refractivity contribution in [3.8, 4) is 5.75 Å². The number of nitrogens with one attached hydrogen (secondary N) is 1. The molecule has 0 radical (unpaired) electrons. The molecule has 138 valence electrons. The molecule has 0 aliphatic heterocycles. The van der Waals surface area contributed by atoms with Crippen molar-refractivity contribution in [2.24, 2.45) is 0 Å². The van der Waals surface area contributed by atoms with Crippen molar-refractivity contribution >= 4 is 6.09 Å². The summed E-state index contributed by atoms with van der Waals surface area (Å²) in [6, 6.07) is 14.2. The second-order valence-electron chi connectivity index (χ2n) is 7.62. The highest BCUT2D eigenvalue weighted by molar-refractivity contribution is 5.70. The van der Waals surface area contributed by atoms with Crippen molar-refractivity contribution in [3.63, 3.8) is 0 Å². The maximum absolute atomic E-state index is 13.9. The van der Waals surface area contributed by atoms with Crippen LogP contribution in [0, 0.1) is 5.82 Å². The predicted octanol–water partition coefficient (Wildman–Crippen LogP) is 4.92. The summed E-state index contributed by atoms with van der Waals surface area (Å²) in [5.41, 5.74) is 0.456. The number of amides is 1. The van der Waals surface area contributed by atoms with Gasteiger partial charge in [-0.3, -0.25) is 0 Å². The highest BCUT2D eigenvalue weighted by Gasteiger charge is 2.48. The summed E-state index contributed by atoms with van der Waals surface area (Å²) in [7, 11) is 0. The van der Waals surface area contributed by atoms with Gasteiger partial charge in [0.25, 0.3) is 0 Å². The van der Waals surface area contributed by atoms with E-state index in [9.17, 15) is 9.18 Å². The summed E-state index contributed by atoms with van der Waals surface area (Å²) < 4.78 is 25.2. The van der Waals surface area contributed by atoms with Crippen LogP contribution in [0.25, 0.3) is 0 Å². The van der Waals surface area contributed by atoms with Crippen LogP contribution in [-0.4, -0.2) is 11.7 Å². The number of carbonyl (C=O) groups is 1. The van der Waals surface area contributed by atoms with Gasteiger partial charge < -0.3 is 14.8 Å². The second kappa shape index (κ2) is 6.98. The Morgan fingerprint density at radius 2 is 1.85 bits per heavy atom. The number of hydrogen-bond donors (Lipinski definition) is 1. The minimum atomic E-state index is -0.629. The Hall–Kier alpha value is -2.56. The molecule has 0 bridgehead atoms. The molecule has 1 fully saturated rings. The molecule has 0 aromatic heterocycles. The average Bonchev–Trinajstić information content (AvgIpc) is 3.33. The molecule has 4 nitrogen and oxygen atoms in total. The zero-order chi connectivity index (χ0) is 18.8. The van der Waals surface area contributed by atoms with E-state index >= 15 is 0 Å². The molecule has 2 aromatic rings. The van der Waals surface area contributed by atoms with Crippen molar-refractivity contribution in [3.05, 3.63) is 65.5 Å². The lowest BCUT2D eigenvalue weighted by Gasteiger charge is -2.25. The van der Waals surface area contributed by atoms with Gasteiger partial charge in [0.2, 0.25) is 0 Å². The van der Waals surface area contributed by atoms with E-state index in [0.29, 0.717) is 17.9 Å². The first-order chi connectivity index (χ1) is 12.3. The molecule has 0 atom stereocenters. The first-order valence-electron chi connectivity index (χ1n) is 8.75. The van der Waals surface area contributed by atoms with E-state index in [4.69, 9.17) is 9.47 Å². The molecule has 0 heterocycles. The number of alkyl carbamates (subject to hydrolysis) is 1. The molecular weight excluding hydrogens is 333 g/mol. The molecule has 1 saturated carbocycles. The monoisotopic (exact) mass is 357 g/mol. The van der Waals surface area contributed by atoms with Crippen molar-refractivity contribution in [1.82, 2.24) is 5.32 Å². The summed E-state index contributed by atoms with van der Waals surface area (Å²) in [6.07, 6.45) is 0.933. The number of halogens is 1. The standard InChI is InChI=1S/C21H24FNO3/c1-20(2,3)26-19(24)23-21(11-12-21)17-13-16(22)9-10-18(17)25-14-15-7-5-4-6-8-15/h4-10,13H,11-12,14H2,1-3H3,(H,23,24). The molecule has 5 heteroatoms. The van der Waals surface area contributed by atoms with Gasteiger partial charge in [-0.15, -0.1) is 0 Å². The van der Waals surface area contributed by atoms with Gasteiger partial charge in [0.15, 0.2) is 0 Å². The molecule has 2 aromatic carbocycles. The lowest BCUT2D eigenvalue weighted by Crippen LogP contribution is -2.39. The molecule has 0 saturated heterocycles. The molecule has 0 spiro atoms. The second-order valence-corrected chi connectivity index (χ2v) is 7.62. The lowest BCUT2D eigenvalue weighted by molar-refractivity contribution is 0.0494. The normalized spacial score (nSPS) is 15.2. The van der Waals surface area contributed by atoms with Crippen LogP contribution in [0.3, 0.4) is 0 Å². The molecule has 0 unspecified atom stereocenters. The number of ether oxygens (including phenoxy) is 2. The van der Waals surface area contributed by atoms with Crippen LogP contribution in [0.4, 0.5) is 9.18 Å². The SMILES string of the molecule is CC(C)(C)OC(=O)NC1(c2cc(F)ccc2OCc2ccccc2)CC1.